The molecule has 0 spiro atoms. The Hall–Kier alpha value is -2.66. The first-order valence-electron chi connectivity index (χ1n) is 8.72. The van der Waals surface area contributed by atoms with E-state index in [1.807, 2.05) is 0 Å². The lowest BCUT2D eigenvalue weighted by Crippen LogP contribution is -2.38. The average Bonchev–Trinajstić information content (AvgIpc) is 3.32. The molecule has 0 aromatic carbocycles. The van der Waals surface area contributed by atoms with Gasteiger partial charge in [-0.15, -0.1) is 0 Å². The Labute approximate surface area is 161 Å². The van der Waals surface area contributed by atoms with Crippen molar-refractivity contribution in [1.82, 2.24) is 18.0 Å². The first-order chi connectivity index (χ1) is 13.1. The van der Waals surface area contributed by atoms with Crippen molar-refractivity contribution in [2.75, 3.05) is 13.1 Å². The van der Waals surface area contributed by atoms with E-state index in [0.717, 1.165) is 17.4 Å². The highest BCUT2D eigenvalue weighted by Crippen LogP contribution is 2.22. The molecular formula is C17H22N4O6S. The second-order valence-electron chi connectivity index (χ2n) is 6.73. The highest BCUT2D eigenvalue weighted by atomic mass is 32.2. The number of aryl methyl sites for hydroxylation is 1. The fourth-order valence-corrected chi connectivity index (χ4v) is 4.67. The van der Waals surface area contributed by atoms with Crippen molar-refractivity contribution < 1.29 is 17.9 Å². The first-order valence-corrected chi connectivity index (χ1v) is 10.2. The molecule has 0 atom stereocenters. The van der Waals surface area contributed by atoms with E-state index in [1.54, 1.807) is 7.05 Å². The minimum Gasteiger partial charge on any atom is -0.455 e. The molecule has 1 fully saturated rings. The molecular weight excluding hydrogens is 388 g/mol. The predicted octanol–water partition coefficient (Wildman–Crippen LogP) is -0.436. The first kappa shape index (κ1) is 20.1. The number of nitrogens with zero attached hydrogens (tertiary/aromatic N) is 4. The summed E-state index contributed by atoms with van der Waals surface area (Å²) in [6.07, 6.45) is 3.00. The van der Waals surface area contributed by atoms with Gasteiger partial charge < -0.3 is 9.30 Å². The number of hydrogen-bond donors (Lipinski definition) is 0. The van der Waals surface area contributed by atoms with E-state index < -0.39 is 27.2 Å². The molecule has 11 heteroatoms. The van der Waals surface area contributed by atoms with Crippen molar-refractivity contribution in [2.24, 2.45) is 21.1 Å². The molecule has 0 N–H and O–H groups in total. The molecule has 0 aliphatic carbocycles. The summed E-state index contributed by atoms with van der Waals surface area (Å²) in [5, 5.41) is 0. The summed E-state index contributed by atoms with van der Waals surface area (Å²) >= 11 is 0. The van der Waals surface area contributed by atoms with E-state index in [0.29, 0.717) is 13.1 Å². The molecule has 0 radical (unpaired) electrons. The van der Waals surface area contributed by atoms with Gasteiger partial charge in [0, 0.05) is 46.5 Å². The van der Waals surface area contributed by atoms with E-state index >= 15 is 0 Å². The Balaban J connectivity index is 1.80. The lowest BCUT2D eigenvalue weighted by molar-refractivity contribution is 0.0451. The van der Waals surface area contributed by atoms with Crippen LogP contribution in [0.25, 0.3) is 0 Å². The molecule has 10 nitrogen and oxygen atoms in total. The van der Waals surface area contributed by atoms with E-state index in [-0.39, 0.29) is 22.9 Å². The Bertz CT molecular complexity index is 1140. The van der Waals surface area contributed by atoms with Crippen LogP contribution in [0.3, 0.4) is 0 Å². The van der Waals surface area contributed by atoms with Gasteiger partial charge in [0.1, 0.15) is 17.2 Å². The van der Waals surface area contributed by atoms with Gasteiger partial charge in [-0.3, -0.25) is 13.9 Å². The molecule has 28 heavy (non-hydrogen) atoms. The Kier molecular flexibility index (Phi) is 5.31. The lowest BCUT2D eigenvalue weighted by atomic mass is 10.4. The molecule has 2 aromatic rings. The number of hydrogen-bond acceptors (Lipinski definition) is 6. The maximum Gasteiger partial charge on any atom is 0.355 e. The fraction of sp³-hybridized carbons (Fsp3) is 0.471. The van der Waals surface area contributed by atoms with Gasteiger partial charge in [0.2, 0.25) is 10.0 Å². The van der Waals surface area contributed by atoms with Gasteiger partial charge in [0.05, 0.1) is 5.69 Å². The average molecular weight is 410 g/mol. The SMILES string of the molecule is Cn1cc(S(=O)(=O)N2CCCC2)cc1C(=O)OCc1cc(=O)n(C)c(=O)n1C. The minimum atomic E-state index is -3.65. The number of sulfonamides is 1. The second-order valence-corrected chi connectivity index (χ2v) is 8.67. The van der Waals surface area contributed by atoms with Gasteiger partial charge in [-0.1, -0.05) is 0 Å². The molecule has 1 aliphatic rings. The molecule has 2 aromatic heterocycles. The highest BCUT2D eigenvalue weighted by Gasteiger charge is 2.29. The van der Waals surface area contributed by atoms with Gasteiger partial charge in [-0.25, -0.2) is 18.0 Å². The lowest BCUT2D eigenvalue weighted by Gasteiger charge is -2.13. The van der Waals surface area contributed by atoms with Crippen LogP contribution < -0.4 is 11.2 Å². The normalized spacial score (nSPS) is 15.1. The summed E-state index contributed by atoms with van der Waals surface area (Å²) < 4.78 is 35.4. The quantitative estimate of drug-likeness (QED) is 0.618. The molecule has 0 saturated carbocycles. The van der Waals surface area contributed by atoms with Crippen molar-refractivity contribution in [3.05, 3.63) is 50.6 Å². The predicted molar refractivity (Wildman–Crippen MR) is 99.4 cm³/mol. The largest absolute Gasteiger partial charge is 0.455 e. The molecule has 3 heterocycles. The van der Waals surface area contributed by atoms with Crippen LogP contribution >= 0.6 is 0 Å². The van der Waals surface area contributed by atoms with Crippen LogP contribution in [0.5, 0.6) is 0 Å². The zero-order chi connectivity index (χ0) is 20.6. The van der Waals surface area contributed by atoms with Gasteiger partial charge in [-0.2, -0.15) is 4.31 Å². The van der Waals surface area contributed by atoms with Gasteiger partial charge >= 0.3 is 11.7 Å². The second kappa shape index (κ2) is 7.40. The molecule has 0 bridgehead atoms. The van der Waals surface area contributed by atoms with Crippen LogP contribution in [0.15, 0.2) is 32.8 Å². The Morgan fingerprint density at radius 1 is 1.07 bits per heavy atom. The number of esters is 1. The van der Waals surface area contributed by atoms with Crippen molar-refractivity contribution in [2.45, 2.75) is 24.3 Å². The third-order valence-corrected chi connectivity index (χ3v) is 6.73. The third-order valence-electron chi connectivity index (χ3n) is 4.87. The topological polar surface area (TPSA) is 113 Å². The van der Waals surface area contributed by atoms with Crippen molar-refractivity contribution in [3.63, 3.8) is 0 Å². The Morgan fingerprint density at radius 3 is 2.36 bits per heavy atom. The van der Waals surface area contributed by atoms with Crippen LogP contribution in [-0.2, 0) is 42.5 Å². The third kappa shape index (κ3) is 3.54. The summed E-state index contributed by atoms with van der Waals surface area (Å²) in [6, 6.07) is 2.49. The zero-order valence-electron chi connectivity index (χ0n) is 15.9. The Morgan fingerprint density at radius 2 is 1.71 bits per heavy atom. The van der Waals surface area contributed by atoms with Crippen LogP contribution in [0.1, 0.15) is 29.0 Å². The highest BCUT2D eigenvalue weighted by molar-refractivity contribution is 7.89. The van der Waals surface area contributed by atoms with E-state index in [2.05, 4.69) is 0 Å². The molecule has 1 saturated heterocycles. The number of carbonyl (C=O) groups is 1. The number of rotatable bonds is 5. The summed E-state index contributed by atoms with van der Waals surface area (Å²) in [4.78, 5) is 36.1. The maximum atomic E-state index is 12.6. The van der Waals surface area contributed by atoms with Crippen LogP contribution in [0.4, 0.5) is 0 Å². The van der Waals surface area contributed by atoms with Crippen LogP contribution in [-0.4, -0.2) is 45.5 Å². The van der Waals surface area contributed by atoms with Crippen molar-refractivity contribution >= 4 is 16.0 Å². The van der Waals surface area contributed by atoms with Crippen molar-refractivity contribution in [1.29, 1.82) is 0 Å². The summed E-state index contributed by atoms with van der Waals surface area (Å²) in [7, 11) is 0.721. The van der Waals surface area contributed by atoms with E-state index in [1.165, 1.54) is 45.9 Å². The smallest absolute Gasteiger partial charge is 0.355 e. The minimum absolute atomic E-state index is 0.0323. The molecule has 3 rings (SSSR count). The number of carbonyl (C=O) groups excluding carboxylic acids is 1. The van der Waals surface area contributed by atoms with Gasteiger partial charge in [0.25, 0.3) is 5.56 Å². The summed E-state index contributed by atoms with van der Waals surface area (Å²) in [6.45, 7) is 0.641. The standard InChI is InChI=1S/C17H22N4O6S/c1-18-10-13(28(25,26)21-6-4-5-7-21)9-14(18)16(23)27-11-12-8-15(22)20(3)17(24)19(12)2/h8-10H,4-7,11H2,1-3H3. The van der Waals surface area contributed by atoms with Crippen LogP contribution in [0, 0.1) is 0 Å². The molecule has 1 aliphatic heterocycles. The van der Waals surface area contributed by atoms with E-state index in [4.69, 9.17) is 4.74 Å². The van der Waals surface area contributed by atoms with Crippen molar-refractivity contribution in [3.8, 4) is 0 Å². The monoisotopic (exact) mass is 410 g/mol. The maximum absolute atomic E-state index is 12.6. The number of ether oxygens (including phenoxy) is 1. The molecule has 0 unspecified atom stereocenters. The summed E-state index contributed by atoms with van der Waals surface area (Å²) in [5.41, 5.74) is -0.740. The van der Waals surface area contributed by atoms with E-state index in [9.17, 15) is 22.8 Å². The zero-order valence-corrected chi connectivity index (χ0v) is 16.7. The molecule has 152 valence electrons. The summed E-state index contributed by atoms with van der Waals surface area (Å²) in [5.74, 6) is -0.751. The van der Waals surface area contributed by atoms with Crippen LogP contribution in [0.2, 0.25) is 0 Å². The number of aromatic nitrogens is 3. The van der Waals surface area contributed by atoms with Gasteiger partial charge in [-0.05, 0) is 18.9 Å². The fourth-order valence-electron chi connectivity index (χ4n) is 3.09. The van der Waals surface area contributed by atoms with Gasteiger partial charge in [0.15, 0.2) is 0 Å². The molecule has 0 amide bonds.